The summed E-state index contributed by atoms with van der Waals surface area (Å²) in [7, 11) is 1.76. The first-order valence-corrected chi connectivity index (χ1v) is 10.4. The maximum atomic E-state index is 9.43. The van der Waals surface area contributed by atoms with Gasteiger partial charge in [0.1, 0.15) is 0 Å². The topological polar surface area (TPSA) is 33.3 Å². The molecule has 0 saturated heterocycles. The van der Waals surface area contributed by atoms with Gasteiger partial charge in [0.05, 0.1) is 30.1 Å². The monoisotopic (exact) mass is 388 g/mol. The van der Waals surface area contributed by atoms with Gasteiger partial charge in [-0.2, -0.15) is 4.57 Å². The SMILES string of the molecule is COCC1c2ccc(C)cc2-c2c3cc(C(C)C)ccc3cc[n+]2C1/C=C/CO. The van der Waals surface area contributed by atoms with Crippen LogP contribution in [0.1, 0.15) is 48.4 Å². The molecule has 0 radical (unpaired) electrons. The zero-order valence-corrected chi connectivity index (χ0v) is 17.7. The molecule has 0 saturated carbocycles. The second-order valence-corrected chi connectivity index (χ2v) is 8.33. The Morgan fingerprint density at radius 3 is 2.69 bits per heavy atom. The van der Waals surface area contributed by atoms with Gasteiger partial charge in [-0.05, 0) is 47.6 Å². The molecule has 4 rings (SSSR count). The van der Waals surface area contributed by atoms with Gasteiger partial charge >= 0.3 is 0 Å². The molecule has 3 nitrogen and oxygen atoms in total. The lowest BCUT2D eigenvalue weighted by molar-refractivity contribution is -0.706. The van der Waals surface area contributed by atoms with Gasteiger partial charge in [-0.25, -0.2) is 0 Å². The predicted molar refractivity (Wildman–Crippen MR) is 118 cm³/mol. The first-order chi connectivity index (χ1) is 14.0. The number of pyridine rings is 1. The number of aromatic nitrogens is 1. The molecule has 0 aliphatic carbocycles. The highest BCUT2D eigenvalue weighted by Crippen LogP contribution is 2.42. The van der Waals surface area contributed by atoms with E-state index in [2.05, 4.69) is 80.1 Å². The Bertz CT molecular complexity index is 1070. The van der Waals surface area contributed by atoms with Crippen molar-refractivity contribution in [1.82, 2.24) is 0 Å². The molecule has 0 fully saturated rings. The number of nitrogens with zero attached hydrogens (tertiary/aromatic N) is 1. The Balaban J connectivity index is 2.07. The Morgan fingerprint density at radius 1 is 1.14 bits per heavy atom. The summed E-state index contributed by atoms with van der Waals surface area (Å²) in [6.07, 6.45) is 6.15. The van der Waals surface area contributed by atoms with Crippen LogP contribution in [0.25, 0.3) is 22.0 Å². The van der Waals surface area contributed by atoms with Crippen molar-refractivity contribution in [3.8, 4) is 11.3 Å². The third kappa shape index (κ3) is 3.50. The van der Waals surface area contributed by atoms with Crippen LogP contribution >= 0.6 is 0 Å². The van der Waals surface area contributed by atoms with Crippen LogP contribution in [-0.4, -0.2) is 25.4 Å². The second-order valence-electron chi connectivity index (χ2n) is 8.33. The molecule has 2 heterocycles. The summed E-state index contributed by atoms with van der Waals surface area (Å²) in [6.45, 7) is 7.30. The van der Waals surface area contributed by atoms with Crippen molar-refractivity contribution in [2.75, 3.05) is 20.3 Å². The molecular weight excluding hydrogens is 358 g/mol. The highest BCUT2D eigenvalue weighted by atomic mass is 16.5. The van der Waals surface area contributed by atoms with E-state index < -0.39 is 0 Å². The van der Waals surface area contributed by atoms with Crippen LogP contribution in [0.4, 0.5) is 0 Å². The maximum absolute atomic E-state index is 9.43. The van der Waals surface area contributed by atoms with Crippen molar-refractivity contribution in [2.24, 2.45) is 0 Å². The minimum atomic E-state index is 0.0396. The van der Waals surface area contributed by atoms with Gasteiger partial charge in [-0.15, -0.1) is 0 Å². The lowest BCUT2D eigenvalue weighted by atomic mass is 9.81. The molecule has 2 unspecified atom stereocenters. The Morgan fingerprint density at radius 2 is 1.97 bits per heavy atom. The molecule has 1 aliphatic rings. The lowest BCUT2D eigenvalue weighted by Crippen LogP contribution is -2.47. The van der Waals surface area contributed by atoms with Crippen LogP contribution in [0.2, 0.25) is 0 Å². The van der Waals surface area contributed by atoms with Gasteiger partial charge < -0.3 is 9.84 Å². The molecule has 2 atom stereocenters. The third-order valence-corrected chi connectivity index (χ3v) is 6.05. The molecule has 1 N–H and O–H groups in total. The molecule has 29 heavy (non-hydrogen) atoms. The number of allylic oxidation sites excluding steroid dienone is 1. The highest BCUT2D eigenvalue weighted by Gasteiger charge is 2.39. The van der Waals surface area contributed by atoms with Crippen LogP contribution in [0.5, 0.6) is 0 Å². The average Bonchev–Trinajstić information content (AvgIpc) is 2.72. The van der Waals surface area contributed by atoms with Gasteiger partial charge in [0, 0.05) is 13.2 Å². The van der Waals surface area contributed by atoms with Crippen molar-refractivity contribution in [3.63, 3.8) is 0 Å². The summed E-state index contributed by atoms with van der Waals surface area (Å²) in [5.41, 5.74) is 6.46. The molecular formula is C26H30NO2+. The third-order valence-electron chi connectivity index (χ3n) is 6.05. The number of fused-ring (bicyclic) bond motifs is 5. The van der Waals surface area contributed by atoms with Crippen LogP contribution in [0, 0.1) is 6.92 Å². The van der Waals surface area contributed by atoms with E-state index in [0.717, 1.165) is 0 Å². The number of methoxy groups -OCH3 is 1. The van der Waals surface area contributed by atoms with Gasteiger partial charge in [-0.3, -0.25) is 0 Å². The quantitative estimate of drug-likeness (QED) is 0.490. The first-order valence-electron chi connectivity index (χ1n) is 10.4. The van der Waals surface area contributed by atoms with E-state index in [1.165, 1.54) is 38.7 Å². The lowest BCUT2D eigenvalue weighted by Gasteiger charge is -2.29. The van der Waals surface area contributed by atoms with E-state index in [4.69, 9.17) is 4.74 Å². The van der Waals surface area contributed by atoms with E-state index in [1.807, 2.05) is 6.08 Å². The summed E-state index contributed by atoms with van der Waals surface area (Å²) < 4.78 is 7.99. The molecule has 2 aromatic carbocycles. The number of hydrogen-bond acceptors (Lipinski definition) is 2. The van der Waals surface area contributed by atoms with Crippen LogP contribution in [0.3, 0.4) is 0 Å². The fourth-order valence-corrected chi connectivity index (χ4v) is 4.56. The van der Waals surface area contributed by atoms with Gasteiger partial charge in [0.15, 0.2) is 12.2 Å². The van der Waals surface area contributed by atoms with E-state index in [0.29, 0.717) is 12.5 Å². The van der Waals surface area contributed by atoms with Crippen LogP contribution < -0.4 is 4.57 Å². The van der Waals surface area contributed by atoms with Crippen molar-refractivity contribution < 1.29 is 14.4 Å². The standard InChI is InChI=1S/C26H30NO2/c1-17(2)20-9-8-19-11-12-27-25(6-5-13-28)24(16-29-4)21-10-7-18(3)14-23(21)26(27)22(19)15-20/h5-12,14-15,17,24-25,28H,13,16H2,1-4H3/q+1/b6-5+. The molecule has 1 aromatic heterocycles. The number of aliphatic hydroxyl groups excluding tert-OH is 1. The van der Waals surface area contributed by atoms with E-state index in [-0.39, 0.29) is 18.6 Å². The zero-order chi connectivity index (χ0) is 20.5. The normalized spacial score (nSPS) is 18.4. The number of hydrogen-bond donors (Lipinski definition) is 1. The molecule has 1 aliphatic heterocycles. The summed E-state index contributed by atoms with van der Waals surface area (Å²) in [5.74, 6) is 0.675. The molecule has 3 aromatic rings. The molecule has 0 amide bonds. The minimum absolute atomic E-state index is 0.0396. The summed E-state index contributed by atoms with van der Waals surface area (Å²) in [6, 6.07) is 15.9. The smallest absolute Gasteiger partial charge is 0.221 e. The van der Waals surface area contributed by atoms with E-state index in [9.17, 15) is 5.11 Å². The van der Waals surface area contributed by atoms with Crippen molar-refractivity contribution in [3.05, 3.63) is 77.5 Å². The van der Waals surface area contributed by atoms with Crippen LogP contribution in [-0.2, 0) is 4.74 Å². The first kappa shape index (κ1) is 19.8. The van der Waals surface area contributed by atoms with E-state index >= 15 is 0 Å². The van der Waals surface area contributed by atoms with Gasteiger partial charge in [0.2, 0.25) is 5.69 Å². The Kier molecular flexibility index (Phi) is 5.53. The summed E-state index contributed by atoms with van der Waals surface area (Å²) >= 11 is 0. The van der Waals surface area contributed by atoms with Gasteiger partial charge in [0.25, 0.3) is 0 Å². The van der Waals surface area contributed by atoms with Crippen molar-refractivity contribution >= 4 is 10.8 Å². The van der Waals surface area contributed by atoms with Crippen molar-refractivity contribution in [2.45, 2.75) is 38.6 Å². The summed E-state index contributed by atoms with van der Waals surface area (Å²) in [4.78, 5) is 0. The molecule has 0 spiro atoms. The van der Waals surface area contributed by atoms with Gasteiger partial charge in [-0.1, -0.05) is 49.8 Å². The number of ether oxygens (including phenoxy) is 1. The predicted octanol–water partition coefficient (Wildman–Crippen LogP) is 5.06. The molecule has 3 heteroatoms. The Labute approximate surface area is 173 Å². The second kappa shape index (κ2) is 8.10. The fraction of sp³-hybridized carbons (Fsp3) is 0.346. The van der Waals surface area contributed by atoms with E-state index in [1.54, 1.807) is 7.11 Å². The molecule has 150 valence electrons. The largest absolute Gasteiger partial charge is 0.392 e. The Hall–Kier alpha value is -2.49. The average molecular weight is 389 g/mol. The van der Waals surface area contributed by atoms with Crippen molar-refractivity contribution in [1.29, 1.82) is 0 Å². The number of aliphatic hydroxyl groups is 1. The maximum Gasteiger partial charge on any atom is 0.221 e. The van der Waals surface area contributed by atoms with Crippen LogP contribution in [0.15, 0.2) is 60.8 Å². The zero-order valence-electron chi connectivity index (χ0n) is 17.7. The summed E-state index contributed by atoms with van der Waals surface area (Å²) in [5, 5.41) is 12.0. The highest BCUT2D eigenvalue weighted by molar-refractivity contribution is 5.94. The number of rotatable bonds is 5. The number of aryl methyl sites for hydroxylation is 1. The molecule has 0 bridgehead atoms. The minimum Gasteiger partial charge on any atom is -0.392 e. The fourth-order valence-electron chi connectivity index (χ4n) is 4.56. The number of benzene rings is 2.